The Hall–Kier alpha value is -1.39. The van der Waals surface area contributed by atoms with Crippen molar-refractivity contribution in [3.8, 4) is 11.1 Å². The zero-order chi connectivity index (χ0) is 17.2. The van der Waals surface area contributed by atoms with Gasteiger partial charge >= 0.3 is 0 Å². The van der Waals surface area contributed by atoms with Crippen molar-refractivity contribution in [2.75, 3.05) is 13.1 Å². The molecule has 1 N–H and O–H groups in total. The summed E-state index contributed by atoms with van der Waals surface area (Å²) in [5, 5.41) is 3.41. The zero-order valence-corrected chi connectivity index (χ0v) is 14.9. The van der Waals surface area contributed by atoms with Gasteiger partial charge in [-0.15, -0.1) is 11.8 Å². The van der Waals surface area contributed by atoms with Crippen LogP contribution in [0.5, 0.6) is 0 Å². The molecule has 4 heteroatoms. The lowest BCUT2D eigenvalue weighted by Gasteiger charge is -2.36. The second-order valence-corrected chi connectivity index (χ2v) is 8.61. The van der Waals surface area contributed by atoms with Gasteiger partial charge in [0.25, 0.3) is 0 Å². The fourth-order valence-corrected chi connectivity index (χ4v) is 4.61. The lowest BCUT2D eigenvalue weighted by Crippen LogP contribution is -2.37. The maximum Gasteiger partial charge on any atom is 0.133 e. The second-order valence-electron chi connectivity index (χ2n) is 6.88. The monoisotopic (exact) mass is 347 g/mol. The molecule has 3 rings (SSSR count). The summed E-state index contributed by atoms with van der Waals surface area (Å²) < 4.78 is 27.1. The fourth-order valence-electron chi connectivity index (χ4n) is 3.33. The average molecular weight is 347 g/mol. The largest absolute Gasteiger partial charge is 0.317 e. The Balaban J connectivity index is 1.74. The van der Waals surface area contributed by atoms with Crippen LogP contribution in [0, 0.1) is 17.6 Å². The molecule has 2 aromatic carbocycles. The van der Waals surface area contributed by atoms with Gasteiger partial charge in [0.15, 0.2) is 0 Å². The van der Waals surface area contributed by atoms with E-state index in [-0.39, 0.29) is 4.75 Å². The molecular formula is C20H23F2NS. The summed E-state index contributed by atoms with van der Waals surface area (Å²) in [6, 6.07) is 11.6. The Kier molecular flexibility index (Phi) is 5.26. The van der Waals surface area contributed by atoms with Gasteiger partial charge in [-0.05, 0) is 61.7 Å². The van der Waals surface area contributed by atoms with E-state index >= 15 is 0 Å². The van der Waals surface area contributed by atoms with E-state index in [4.69, 9.17) is 0 Å². The Labute approximate surface area is 146 Å². The highest BCUT2D eigenvalue weighted by atomic mass is 32.2. The molecule has 1 aliphatic rings. The van der Waals surface area contributed by atoms with E-state index in [0.717, 1.165) is 24.7 Å². The van der Waals surface area contributed by atoms with Crippen LogP contribution in [0.25, 0.3) is 11.1 Å². The van der Waals surface area contributed by atoms with Gasteiger partial charge in [-0.25, -0.2) is 8.78 Å². The van der Waals surface area contributed by atoms with Gasteiger partial charge in [-0.3, -0.25) is 0 Å². The first-order valence-corrected chi connectivity index (χ1v) is 9.22. The molecule has 0 spiro atoms. The Morgan fingerprint density at radius 1 is 1.00 bits per heavy atom. The minimum Gasteiger partial charge on any atom is -0.317 e. The van der Waals surface area contributed by atoms with Crippen LogP contribution in [0.3, 0.4) is 0 Å². The average Bonchev–Trinajstić information content (AvgIpc) is 2.56. The maximum absolute atomic E-state index is 13.9. The first-order valence-electron chi connectivity index (χ1n) is 8.41. The van der Waals surface area contributed by atoms with Crippen LogP contribution in [-0.2, 0) is 0 Å². The molecule has 0 aliphatic carbocycles. The van der Waals surface area contributed by atoms with Crippen molar-refractivity contribution in [3.63, 3.8) is 0 Å². The molecule has 0 amide bonds. The lowest BCUT2D eigenvalue weighted by molar-refractivity contribution is 0.317. The highest BCUT2D eigenvalue weighted by Gasteiger charge is 2.31. The quantitative estimate of drug-likeness (QED) is 0.733. The predicted octanol–water partition coefficient (Wildman–Crippen LogP) is 5.50. The summed E-state index contributed by atoms with van der Waals surface area (Å²) in [4.78, 5) is 1.19. The van der Waals surface area contributed by atoms with Crippen molar-refractivity contribution >= 4 is 11.8 Å². The summed E-state index contributed by atoms with van der Waals surface area (Å²) in [6.07, 6.45) is 2.41. The molecule has 0 unspecified atom stereocenters. The Bertz CT molecular complexity index is 691. The number of benzene rings is 2. The number of rotatable bonds is 4. The predicted molar refractivity (Wildman–Crippen MR) is 97.3 cm³/mol. The maximum atomic E-state index is 13.9. The topological polar surface area (TPSA) is 12.0 Å². The third-order valence-corrected chi connectivity index (χ3v) is 6.17. The van der Waals surface area contributed by atoms with Crippen molar-refractivity contribution in [1.29, 1.82) is 0 Å². The van der Waals surface area contributed by atoms with Crippen LogP contribution in [0.2, 0.25) is 0 Å². The number of hydrogen-bond donors (Lipinski definition) is 1. The number of thioether (sulfide) groups is 1. The van der Waals surface area contributed by atoms with E-state index in [1.807, 2.05) is 36.0 Å². The smallest absolute Gasteiger partial charge is 0.133 e. The van der Waals surface area contributed by atoms with Crippen molar-refractivity contribution < 1.29 is 8.78 Å². The first-order chi connectivity index (χ1) is 11.5. The summed E-state index contributed by atoms with van der Waals surface area (Å²) >= 11 is 1.88. The third kappa shape index (κ3) is 3.98. The van der Waals surface area contributed by atoms with Crippen molar-refractivity contribution in [2.45, 2.75) is 36.3 Å². The van der Waals surface area contributed by atoms with Gasteiger partial charge in [-0.2, -0.15) is 0 Å². The summed E-state index contributed by atoms with van der Waals surface area (Å²) in [5.41, 5.74) is 1.21. The molecule has 0 atom stereocenters. The van der Waals surface area contributed by atoms with Crippen LogP contribution in [0.4, 0.5) is 8.78 Å². The molecule has 1 saturated heterocycles. The molecule has 0 saturated carbocycles. The van der Waals surface area contributed by atoms with Gasteiger partial charge in [-0.1, -0.05) is 26.0 Å². The normalized spacial score (nSPS) is 16.3. The van der Waals surface area contributed by atoms with Gasteiger partial charge in [0.2, 0.25) is 0 Å². The Morgan fingerprint density at radius 3 is 2.29 bits per heavy atom. The highest BCUT2D eigenvalue weighted by Crippen LogP contribution is 2.42. The van der Waals surface area contributed by atoms with Gasteiger partial charge in [0.05, 0.1) is 0 Å². The van der Waals surface area contributed by atoms with Crippen molar-refractivity contribution in [3.05, 3.63) is 54.1 Å². The van der Waals surface area contributed by atoms with E-state index in [2.05, 4.69) is 19.2 Å². The lowest BCUT2D eigenvalue weighted by atomic mass is 9.86. The minimum atomic E-state index is -0.549. The molecule has 1 aliphatic heterocycles. The van der Waals surface area contributed by atoms with E-state index in [9.17, 15) is 8.78 Å². The van der Waals surface area contributed by atoms with E-state index in [1.54, 1.807) is 0 Å². The van der Waals surface area contributed by atoms with Crippen molar-refractivity contribution in [1.82, 2.24) is 5.32 Å². The number of piperidine rings is 1. The van der Waals surface area contributed by atoms with Crippen LogP contribution in [0.15, 0.2) is 47.4 Å². The van der Waals surface area contributed by atoms with E-state index < -0.39 is 11.6 Å². The first kappa shape index (κ1) is 17.4. The van der Waals surface area contributed by atoms with E-state index in [1.165, 1.54) is 29.9 Å². The molecule has 1 fully saturated rings. The second kappa shape index (κ2) is 7.24. The molecule has 0 bridgehead atoms. The molecule has 24 heavy (non-hydrogen) atoms. The summed E-state index contributed by atoms with van der Waals surface area (Å²) in [5.74, 6) is -0.379. The third-order valence-electron chi connectivity index (χ3n) is 4.80. The summed E-state index contributed by atoms with van der Waals surface area (Å²) in [7, 11) is 0. The molecule has 1 nitrogen and oxygen atoms in total. The molecule has 128 valence electrons. The van der Waals surface area contributed by atoms with Gasteiger partial charge in [0, 0.05) is 21.3 Å². The molecular weight excluding hydrogens is 324 g/mol. The van der Waals surface area contributed by atoms with Crippen LogP contribution < -0.4 is 5.32 Å². The van der Waals surface area contributed by atoms with Crippen molar-refractivity contribution in [2.24, 2.45) is 5.92 Å². The molecule has 1 heterocycles. The SMILES string of the molecule is CC(C)(Sc1ccc(-c2ccc(F)cc2F)cc1)C1CCNCC1. The van der Waals surface area contributed by atoms with Gasteiger partial charge in [0.1, 0.15) is 11.6 Å². The molecule has 0 aromatic heterocycles. The number of halogens is 2. The van der Waals surface area contributed by atoms with Crippen LogP contribution in [-0.4, -0.2) is 17.8 Å². The Morgan fingerprint density at radius 2 is 1.67 bits per heavy atom. The highest BCUT2D eigenvalue weighted by molar-refractivity contribution is 8.00. The number of hydrogen-bond acceptors (Lipinski definition) is 2. The standard InChI is InChI=1S/C20H23F2NS/c1-20(2,15-9-11-23-12-10-15)24-17-6-3-14(4-7-17)18-8-5-16(21)13-19(18)22/h3-8,13,15,23H,9-12H2,1-2H3. The minimum absolute atomic E-state index is 0.171. The van der Waals surface area contributed by atoms with Gasteiger partial charge < -0.3 is 5.32 Å². The number of nitrogens with one attached hydrogen (secondary N) is 1. The fraction of sp³-hybridized carbons (Fsp3) is 0.400. The van der Waals surface area contributed by atoms with E-state index in [0.29, 0.717) is 11.5 Å². The molecule has 2 aromatic rings. The van der Waals surface area contributed by atoms with Crippen LogP contribution in [0.1, 0.15) is 26.7 Å². The zero-order valence-electron chi connectivity index (χ0n) is 14.1. The molecule has 0 radical (unpaired) electrons. The van der Waals surface area contributed by atoms with Crippen LogP contribution >= 0.6 is 11.8 Å². The summed E-state index contributed by atoms with van der Waals surface area (Å²) in [6.45, 7) is 6.80.